The molecule has 0 aromatic rings. The molecule has 2 aliphatic rings. The van der Waals surface area contributed by atoms with Crippen LogP contribution in [0.25, 0.3) is 0 Å². The average molecular weight is 196 g/mol. The molecular weight excluding hydrogens is 172 g/mol. The molecule has 0 radical (unpaired) electrons. The van der Waals surface area contributed by atoms with E-state index in [1.807, 2.05) is 0 Å². The minimum atomic E-state index is 0.442. The van der Waals surface area contributed by atoms with Crippen LogP contribution >= 0.6 is 0 Å². The summed E-state index contributed by atoms with van der Waals surface area (Å²) in [6.45, 7) is 2.72. The highest BCUT2D eigenvalue weighted by atomic mass is 16.3. The van der Waals surface area contributed by atoms with Gasteiger partial charge < -0.3 is 5.11 Å². The van der Waals surface area contributed by atoms with Gasteiger partial charge in [-0.3, -0.25) is 0 Å². The van der Waals surface area contributed by atoms with Crippen molar-refractivity contribution in [3.05, 3.63) is 0 Å². The van der Waals surface area contributed by atoms with Crippen LogP contribution in [0, 0.1) is 23.7 Å². The number of rotatable bonds is 7. The highest BCUT2D eigenvalue weighted by Gasteiger charge is 2.44. The van der Waals surface area contributed by atoms with Gasteiger partial charge in [0.25, 0.3) is 0 Å². The molecule has 2 saturated carbocycles. The summed E-state index contributed by atoms with van der Waals surface area (Å²) in [6.07, 6.45) is 9.95. The Bertz CT molecular complexity index is 178. The van der Waals surface area contributed by atoms with E-state index in [1.165, 1.54) is 44.9 Å². The first-order chi connectivity index (χ1) is 6.85. The van der Waals surface area contributed by atoms with Crippen LogP contribution in [0.3, 0.4) is 0 Å². The summed E-state index contributed by atoms with van der Waals surface area (Å²) in [5, 5.41) is 8.95. The van der Waals surface area contributed by atoms with E-state index in [9.17, 15) is 0 Å². The third kappa shape index (κ3) is 2.73. The maximum Gasteiger partial charge on any atom is 0.0462 e. The molecule has 0 amide bonds. The molecule has 0 aliphatic heterocycles. The number of aliphatic hydroxyl groups excluding tert-OH is 1. The minimum absolute atomic E-state index is 0.442. The number of hydrogen-bond donors (Lipinski definition) is 1. The summed E-state index contributed by atoms with van der Waals surface area (Å²) in [5.74, 6) is 3.71. The first kappa shape index (κ1) is 10.5. The van der Waals surface area contributed by atoms with E-state index in [-0.39, 0.29) is 0 Å². The van der Waals surface area contributed by atoms with Crippen LogP contribution in [0.4, 0.5) is 0 Å². The summed E-state index contributed by atoms with van der Waals surface area (Å²) in [6, 6.07) is 0. The molecular formula is C13H24O. The third-order valence-corrected chi connectivity index (χ3v) is 4.16. The second-order valence-electron chi connectivity index (χ2n) is 5.43. The molecule has 0 heterocycles. The largest absolute Gasteiger partial charge is 0.396 e. The summed E-state index contributed by atoms with van der Waals surface area (Å²) in [5.41, 5.74) is 0. The number of unbranched alkanes of at least 4 members (excludes halogenated alkanes) is 2. The van der Waals surface area contributed by atoms with Crippen LogP contribution in [0.5, 0.6) is 0 Å². The molecule has 14 heavy (non-hydrogen) atoms. The Kier molecular flexibility index (Phi) is 3.48. The Morgan fingerprint density at radius 2 is 1.71 bits per heavy atom. The van der Waals surface area contributed by atoms with Crippen molar-refractivity contribution in [3.63, 3.8) is 0 Å². The van der Waals surface area contributed by atoms with E-state index in [4.69, 9.17) is 5.11 Å². The van der Waals surface area contributed by atoms with Crippen LogP contribution in [-0.4, -0.2) is 11.7 Å². The molecule has 2 fully saturated rings. The third-order valence-electron chi connectivity index (χ3n) is 4.16. The monoisotopic (exact) mass is 196 g/mol. The van der Waals surface area contributed by atoms with Gasteiger partial charge in [-0.2, -0.15) is 0 Å². The summed E-state index contributed by atoms with van der Waals surface area (Å²) >= 11 is 0. The molecule has 0 aromatic carbocycles. The van der Waals surface area contributed by atoms with Crippen molar-refractivity contribution in [2.75, 3.05) is 6.61 Å². The average Bonchev–Trinajstić information content (AvgIpc) is 3.06. The van der Waals surface area contributed by atoms with Crippen LogP contribution in [-0.2, 0) is 0 Å². The van der Waals surface area contributed by atoms with Crippen molar-refractivity contribution in [2.45, 2.75) is 51.9 Å². The molecule has 0 spiro atoms. The van der Waals surface area contributed by atoms with E-state index in [1.54, 1.807) is 0 Å². The van der Waals surface area contributed by atoms with Gasteiger partial charge in [-0.05, 0) is 42.9 Å². The second-order valence-corrected chi connectivity index (χ2v) is 5.43. The molecule has 1 heteroatoms. The van der Waals surface area contributed by atoms with Crippen molar-refractivity contribution in [1.29, 1.82) is 0 Å². The molecule has 2 rings (SSSR count). The van der Waals surface area contributed by atoms with Crippen molar-refractivity contribution in [2.24, 2.45) is 23.7 Å². The Morgan fingerprint density at radius 1 is 1.00 bits per heavy atom. The molecule has 1 nitrogen and oxygen atoms in total. The quantitative estimate of drug-likeness (QED) is 0.620. The Morgan fingerprint density at radius 3 is 2.36 bits per heavy atom. The van der Waals surface area contributed by atoms with E-state index in [0.717, 1.165) is 17.8 Å². The van der Waals surface area contributed by atoms with Gasteiger partial charge in [-0.1, -0.05) is 32.6 Å². The Hall–Kier alpha value is -0.0400. The lowest BCUT2D eigenvalue weighted by Gasteiger charge is -1.99. The van der Waals surface area contributed by atoms with Gasteiger partial charge in [-0.15, -0.1) is 0 Å². The maximum atomic E-state index is 8.95. The molecule has 0 saturated heterocycles. The standard InChI is InChI=1S/C13H24O/c1-2-3-4-5-10-6-11(10)7-12-8-13(12)9-14/h10-14H,2-9H2,1H3/t10-,11-,12+,13+/m0/s1. The fourth-order valence-electron chi connectivity index (χ4n) is 2.82. The zero-order chi connectivity index (χ0) is 9.97. The molecule has 1 N–H and O–H groups in total. The first-order valence-electron chi connectivity index (χ1n) is 6.46. The Balaban J connectivity index is 1.50. The zero-order valence-corrected chi connectivity index (χ0v) is 9.41. The Labute approximate surface area is 87.9 Å². The van der Waals surface area contributed by atoms with E-state index >= 15 is 0 Å². The lowest BCUT2D eigenvalue weighted by atomic mass is 10.1. The van der Waals surface area contributed by atoms with E-state index in [2.05, 4.69) is 6.92 Å². The molecule has 0 unspecified atom stereocenters. The lowest BCUT2D eigenvalue weighted by molar-refractivity contribution is 0.266. The van der Waals surface area contributed by atoms with Gasteiger partial charge >= 0.3 is 0 Å². The topological polar surface area (TPSA) is 20.2 Å². The molecule has 4 atom stereocenters. The van der Waals surface area contributed by atoms with Gasteiger partial charge in [0.1, 0.15) is 0 Å². The predicted molar refractivity (Wildman–Crippen MR) is 59.0 cm³/mol. The van der Waals surface area contributed by atoms with Gasteiger partial charge in [0, 0.05) is 6.61 Å². The van der Waals surface area contributed by atoms with Gasteiger partial charge in [0.2, 0.25) is 0 Å². The van der Waals surface area contributed by atoms with E-state index in [0.29, 0.717) is 12.5 Å². The number of aliphatic hydroxyl groups is 1. The fraction of sp³-hybridized carbons (Fsp3) is 1.00. The summed E-state index contributed by atoms with van der Waals surface area (Å²) < 4.78 is 0. The van der Waals surface area contributed by atoms with Crippen molar-refractivity contribution < 1.29 is 5.11 Å². The highest BCUT2D eigenvalue weighted by molar-refractivity contribution is 4.94. The molecule has 0 bridgehead atoms. The first-order valence-corrected chi connectivity index (χ1v) is 6.46. The van der Waals surface area contributed by atoms with Crippen molar-refractivity contribution >= 4 is 0 Å². The van der Waals surface area contributed by atoms with Gasteiger partial charge in [-0.25, -0.2) is 0 Å². The molecule has 82 valence electrons. The fourth-order valence-corrected chi connectivity index (χ4v) is 2.82. The lowest BCUT2D eigenvalue weighted by Crippen LogP contribution is -1.91. The van der Waals surface area contributed by atoms with E-state index < -0.39 is 0 Å². The van der Waals surface area contributed by atoms with Crippen LogP contribution in [0.2, 0.25) is 0 Å². The van der Waals surface area contributed by atoms with Crippen LogP contribution in [0.1, 0.15) is 51.9 Å². The molecule has 0 aromatic heterocycles. The minimum Gasteiger partial charge on any atom is -0.396 e. The van der Waals surface area contributed by atoms with Gasteiger partial charge in [0.15, 0.2) is 0 Å². The maximum absolute atomic E-state index is 8.95. The van der Waals surface area contributed by atoms with Crippen LogP contribution in [0.15, 0.2) is 0 Å². The predicted octanol–water partition coefficient (Wildman–Crippen LogP) is 3.22. The highest BCUT2D eigenvalue weighted by Crippen LogP contribution is 2.53. The smallest absolute Gasteiger partial charge is 0.0462 e. The number of hydrogen-bond acceptors (Lipinski definition) is 1. The zero-order valence-electron chi connectivity index (χ0n) is 9.41. The normalized spacial score (nSPS) is 39.9. The van der Waals surface area contributed by atoms with Crippen molar-refractivity contribution in [3.8, 4) is 0 Å². The van der Waals surface area contributed by atoms with Crippen molar-refractivity contribution in [1.82, 2.24) is 0 Å². The summed E-state index contributed by atoms with van der Waals surface area (Å²) in [4.78, 5) is 0. The summed E-state index contributed by atoms with van der Waals surface area (Å²) in [7, 11) is 0. The van der Waals surface area contributed by atoms with Gasteiger partial charge in [0.05, 0.1) is 0 Å². The molecule has 2 aliphatic carbocycles. The SMILES string of the molecule is CCCCC[C@H]1C[C@H]1C[C@@H]1C[C@@H]1CO. The van der Waals surface area contributed by atoms with Crippen LogP contribution < -0.4 is 0 Å². The second kappa shape index (κ2) is 4.65.